The van der Waals surface area contributed by atoms with Gasteiger partial charge in [0, 0.05) is 10.7 Å². The highest BCUT2D eigenvalue weighted by atomic mass is 35.5. The molecule has 78 valence electrons. The van der Waals surface area contributed by atoms with Crippen molar-refractivity contribution in [3.8, 4) is 6.07 Å². The molecule has 0 aliphatic carbocycles. The lowest BCUT2D eigenvalue weighted by Gasteiger charge is -2.07. The third-order valence-electron chi connectivity index (χ3n) is 1.97. The first-order valence-corrected chi connectivity index (χ1v) is 5.01. The fourth-order valence-electron chi connectivity index (χ4n) is 1.13. The van der Waals surface area contributed by atoms with E-state index in [0.29, 0.717) is 17.1 Å². The smallest absolute Gasteiger partial charge is 0.241 e. The van der Waals surface area contributed by atoms with E-state index in [-0.39, 0.29) is 5.91 Å². The first kappa shape index (κ1) is 11.5. The highest BCUT2D eigenvalue weighted by Crippen LogP contribution is 2.16. The summed E-state index contributed by atoms with van der Waals surface area (Å²) in [5.74, 6) is -0.897. The largest absolute Gasteiger partial charge is 0.325 e. The summed E-state index contributed by atoms with van der Waals surface area (Å²) in [6, 6.07) is 8.78. The van der Waals surface area contributed by atoms with Crippen molar-refractivity contribution >= 4 is 23.2 Å². The Hall–Kier alpha value is -1.53. The quantitative estimate of drug-likeness (QED) is 0.855. The van der Waals surface area contributed by atoms with Crippen LogP contribution in [0.5, 0.6) is 0 Å². The summed E-state index contributed by atoms with van der Waals surface area (Å²) in [5, 5.41) is 11.9. The number of hydrogen-bond acceptors (Lipinski definition) is 2. The van der Waals surface area contributed by atoms with Crippen LogP contribution in [-0.2, 0) is 4.79 Å². The number of rotatable bonds is 3. The lowest BCUT2D eigenvalue weighted by molar-refractivity contribution is -0.118. The molecule has 0 radical (unpaired) electrons. The Bertz CT molecular complexity index is 398. The van der Waals surface area contributed by atoms with Crippen LogP contribution >= 0.6 is 11.6 Å². The third kappa shape index (κ3) is 3.26. The van der Waals surface area contributed by atoms with Crippen molar-refractivity contribution in [2.75, 3.05) is 5.32 Å². The van der Waals surface area contributed by atoms with Crippen molar-refractivity contribution in [3.05, 3.63) is 29.3 Å². The van der Waals surface area contributed by atoms with Crippen molar-refractivity contribution in [1.29, 1.82) is 5.26 Å². The van der Waals surface area contributed by atoms with Crippen molar-refractivity contribution < 1.29 is 4.79 Å². The van der Waals surface area contributed by atoms with Crippen LogP contribution in [0.3, 0.4) is 0 Å². The van der Waals surface area contributed by atoms with Crippen LogP contribution in [0.1, 0.15) is 13.3 Å². The molecular weight excluding hydrogens is 212 g/mol. The van der Waals surface area contributed by atoms with E-state index in [1.807, 2.05) is 6.07 Å². The number of anilines is 1. The molecule has 0 aromatic heterocycles. The average Bonchev–Trinajstić information content (AvgIpc) is 2.19. The molecule has 1 atom stereocenters. The summed E-state index contributed by atoms with van der Waals surface area (Å²) in [7, 11) is 0. The SMILES string of the molecule is CCC(C#N)C(=O)Nc1cccc(Cl)c1. The van der Waals surface area contributed by atoms with Gasteiger partial charge in [0.25, 0.3) is 0 Å². The van der Waals surface area contributed by atoms with Gasteiger partial charge in [-0.15, -0.1) is 0 Å². The van der Waals surface area contributed by atoms with Gasteiger partial charge in [-0.2, -0.15) is 5.26 Å². The molecule has 0 heterocycles. The monoisotopic (exact) mass is 222 g/mol. The molecule has 0 saturated heterocycles. The van der Waals surface area contributed by atoms with Gasteiger partial charge in [-0.05, 0) is 24.6 Å². The van der Waals surface area contributed by atoms with E-state index in [9.17, 15) is 4.79 Å². The van der Waals surface area contributed by atoms with Gasteiger partial charge in [-0.25, -0.2) is 0 Å². The zero-order valence-corrected chi connectivity index (χ0v) is 9.08. The van der Waals surface area contributed by atoms with Gasteiger partial charge >= 0.3 is 0 Å². The standard InChI is InChI=1S/C11H11ClN2O/c1-2-8(7-13)11(15)14-10-5-3-4-9(12)6-10/h3-6,8H,2H2,1H3,(H,14,15). The number of hydrogen-bond donors (Lipinski definition) is 1. The minimum atomic E-state index is -0.607. The summed E-state index contributed by atoms with van der Waals surface area (Å²) in [4.78, 5) is 11.5. The molecule has 1 N–H and O–H groups in total. The highest BCUT2D eigenvalue weighted by molar-refractivity contribution is 6.30. The summed E-state index contributed by atoms with van der Waals surface area (Å²) in [5.41, 5.74) is 0.612. The zero-order valence-electron chi connectivity index (χ0n) is 8.33. The maximum absolute atomic E-state index is 11.5. The minimum Gasteiger partial charge on any atom is -0.325 e. The van der Waals surface area contributed by atoms with E-state index in [2.05, 4.69) is 5.32 Å². The topological polar surface area (TPSA) is 52.9 Å². The van der Waals surface area contributed by atoms with Crippen LogP contribution in [0.25, 0.3) is 0 Å². The van der Waals surface area contributed by atoms with Crippen molar-refractivity contribution in [1.82, 2.24) is 0 Å². The van der Waals surface area contributed by atoms with Gasteiger partial charge in [0.1, 0.15) is 5.92 Å². The first-order valence-electron chi connectivity index (χ1n) is 4.63. The Morgan fingerprint density at radius 1 is 1.67 bits per heavy atom. The van der Waals surface area contributed by atoms with E-state index in [0.717, 1.165) is 0 Å². The van der Waals surface area contributed by atoms with Crippen LogP contribution in [0, 0.1) is 17.2 Å². The molecule has 1 amide bonds. The second kappa shape index (κ2) is 5.38. The molecule has 3 nitrogen and oxygen atoms in total. The molecule has 0 bridgehead atoms. The van der Waals surface area contributed by atoms with Crippen molar-refractivity contribution in [3.63, 3.8) is 0 Å². The van der Waals surface area contributed by atoms with Gasteiger partial charge in [0.2, 0.25) is 5.91 Å². The number of nitrogens with one attached hydrogen (secondary N) is 1. The maximum atomic E-state index is 11.5. The molecule has 15 heavy (non-hydrogen) atoms. The van der Waals surface area contributed by atoms with Gasteiger partial charge in [-0.1, -0.05) is 24.6 Å². The van der Waals surface area contributed by atoms with Gasteiger partial charge in [0.05, 0.1) is 6.07 Å². The summed E-state index contributed by atoms with van der Waals surface area (Å²) in [6.07, 6.45) is 0.503. The lowest BCUT2D eigenvalue weighted by Crippen LogP contribution is -2.20. The Balaban J connectivity index is 2.71. The molecule has 0 fully saturated rings. The van der Waals surface area contributed by atoms with Gasteiger partial charge in [0.15, 0.2) is 0 Å². The molecule has 1 aromatic rings. The predicted molar refractivity (Wildman–Crippen MR) is 59.5 cm³/mol. The predicted octanol–water partition coefficient (Wildman–Crippen LogP) is 2.83. The molecule has 0 aliphatic rings. The van der Waals surface area contributed by atoms with E-state index in [4.69, 9.17) is 16.9 Å². The van der Waals surface area contributed by atoms with Gasteiger partial charge < -0.3 is 5.32 Å². The number of nitrogens with zero attached hydrogens (tertiary/aromatic N) is 1. The number of nitriles is 1. The molecule has 1 rings (SSSR count). The van der Waals surface area contributed by atoms with Gasteiger partial charge in [-0.3, -0.25) is 4.79 Å². The molecule has 0 spiro atoms. The number of carbonyl (C=O) groups is 1. The zero-order chi connectivity index (χ0) is 11.3. The van der Waals surface area contributed by atoms with Crippen LogP contribution in [0.4, 0.5) is 5.69 Å². The molecule has 1 aromatic carbocycles. The molecule has 1 unspecified atom stereocenters. The van der Waals surface area contributed by atoms with Crippen LogP contribution in [-0.4, -0.2) is 5.91 Å². The van der Waals surface area contributed by atoms with E-state index in [1.54, 1.807) is 31.2 Å². The fraction of sp³-hybridized carbons (Fsp3) is 0.273. The van der Waals surface area contributed by atoms with E-state index >= 15 is 0 Å². The summed E-state index contributed by atoms with van der Waals surface area (Å²) >= 11 is 5.76. The second-order valence-corrected chi connectivity index (χ2v) is 3.53. The van der Waals surface area contributed by atoms with Crippen molar-refractivity contribution in [2.24, 2.45) is 5.92 Å². The van der Waals surface area contributed by atoms with E-state index < -0.39 is 5.92 Å². The Morgan fingerprint density at radius 2 is 2.40 bits per heavy atom. The normalized spacial score (nSPS) is 11.5. The van der Waals surface area contributed by atoms with Crippen LogP contribution in [0.15, 0.2) is 24.3 Å². The number of carbonyl (C=O) groups excluding carboxylic acids is 1. The number of amides is 1. The number of benzene rings is 1. The summed E-state index contributed by atoms with van der Waals surface area (Å²) < 4.78 is 0. The Morgan fingerprint density at radius 3 is 2.93 bits per heavy atom. The van der Waals surface area contributed by atoms with E-state index in [1.165, 1.54) is 0 Å². The van der Waals surface area contributed by atoms with Crippen molar-refractivity contribution in [2.45, 2.75) is 13.3 Å². The summed E-state index contributed by atoms with van der Waals surface area (Å²) in [6.45, 7) is 1.80. The maximum Gasteiger partial charge on any atom is 0.241 e. The van der Waals surface area contributed by atoms with Crippen LogP contribution < -0.4 is 5.32 Å². The second-order valence-electron chi connectivity index (χ2n) is 3.09. The highest BCUT2D eigenvalue weighted by Gasteiger charge is 2.15. The minimum absolute atomic E-state index is 0.290. The lowest BCUT2D eigenvalue weighted by atomic mass is 10.1. The molecule has 0 saturated carbocycles. The van der Waals surface area contributed by atoms with Crippen LogP contribution in [0.2, 0.25) is 5.02 Å². The Kier molecular flexibility index (Phi) is 4.14. The fourth-order valence-corrected chi connectivity index (χ4v) is 1.32. The first-order chi connectivity index (χ1) is 7.17. The number of halogens is 1. The molecule has 0 aliphatic heterocycles. The average molecular weight is 223 g/mol. The Labute approximate surface area is 93.7 Å². The molecule has 4 heteroatoms. The molecular formula is C11H11ClN2O. The third-order valence-corrected chi connectivity index (χ3v) is 2.21.